The fourth-order valence-electron chi connectivity index (χ4n) is 3.10. The highest BCUT2D eigenvalue weighted by Gasteiger charge is 2.72. The molecule has 21 heavy (non-hydrogen) atoms. The van der Waals surface area contributed by atoms with Gasteiger partial charge in [-0.05, 0) is 23.6 Å². The number of rotatable bonds is 1. The van der Waals surface area contributed by atoms with E-state index in [4.69, 9.17) is 17.3 Å². The summed E-state index contributed by atoms with van der Waals surface area (Å²) in [5.74, 6) is 4.85. The number of amides is 2. The minimum Gasteiger partial charge on any atom is -0.320 e. The number of carbonyl (C=O) groups is 2. The number of hydrogen-bond donors (Lipinski definition) is 1. The Labute approximate surface area is 128 Å². The van der Waals surface area contributed by atoms with E-state index in [1.54, 1.807) is 18.2 Å². The van der Waals surface area contributed by atoms with Gasteiger partial charge in [0.25, 0.3) is 0 Å². The van der Waals surface area contributed by atoms with Crippen LogP contribution in [0.1, 0.15) is 19.4 Å². The number of benzene rings is 1. The lowest BCUT2D eigenvalue weighted by Gasteiger charge is -2.21. The van der Waals surface area contributed by atoms with Crippen molar-refractivity contribution in [2.45, 2.75) is 13.8 Å². The Morgan fingerprint density at radius 1 is 1.29 bits per heavy atom. The highest BCUT2D eigenvalue weighted by atomic mass is 35.5. The van der Waals surface area contributed by atoms with Crippen LogP contribution in [0, 0.1) is 29.1 Å². The third-order valence-corrected chi connectivity index (χ3v) is 4.64. The molecule has 1 aromatic rings. The van der Waals surface area contributed by atoms with Gasteiger partial charge in [-0.3, -0.25) is 9.59 Å². The third-order valence-electron chi connectivity index (χ3n) is 4.32. The van der Waals surface area contributed by atoms with Crippen molar-refractivity contribution in [3.63, 3.8) is 0 Å². The average molecular weight is 303 g/mol. The van der Waals surface area contributed by atoms with Crippen LogP contribution in [0.2, 0.25) is 5.02 Å². The number of anilines is 1. The molecule has 0 bridgehead atoms. The molecule has 5 heteroatoms. The van der Waals surface area contributed by atoms with Gasteiger partial charge in [-0.25, -0.2) is 4.90 Å². The SMILES string of the molecule is CC1(C)C2C(=O)N(c3cc(C#CCN)ccc3Cl)C(=O)C21. The molecular formula is C16H15ClN2O2. The first-order valence-corrected chi connectivity index (χ1v) is 7.13. The van der Waals surface area contributed by atoms with E-state index in [0.29, 0.717) is 16.3 Å². The summed E-state index contributed by atoms with van der Waals surface area (Å²) in [6, 6.07) is 5.05. The maximum Gasteiger partial charge on any atom is 0.238 e. The standard InChI is InChI=1S/C16H15ClN2O2/c1-16(2)12-13(16)15(21)19(14(12)20)11-8-9(4-3-7-18)5-6-10(11)17/h5-6,8,12-13H,7,18H2,1-2H3. The quantitative estimate of drug-likeness (QED) is 0.635. The Hall–Kier alpha value is -1.83. The highest BCUT2D eigenvalue weighted by Crippen LogP contribution is 2.63. The zero-order valence-corrected chi connectivity index (χ0v) is 12.6. The fraction of sp³-hybridized carbons (Fsp3) is 0.375. The zero-order valence-electron chi connectivity index (χ0n) is 11.8. The van der Waals surface area contributed by atoms with Gasteiger partial charge < -0.3 is 5.73 Å². The van der Waals surface area contributed by atoms with Crippen molar-refractivity contribution in [1.82, 2.24) is 0 Å². The van der Waals surface area contributed by atoms with Gasteiger partial charge in [0.15, 0.2) is 0 Å². The number of nitrogens with two attached hydrogens (primary N) is 1. The molecular weight excluding hydrogens is 288 g/mol. The van der Waals surface area contributed by atoms with Gasteiger partial charge in [-0.2, -0.15) is 0 Å². The molecule has 2 aliphatic rings. The van der Waals surface area contributed by atoms with Crippen molar-refractivity contribution in [3.8, 4) is 11.8 Å². The van der Waals surface area contributed by atoms with Crippen molar-refractivity contribution in [3.05, 3.63) is 28.8 Å². The minimum absolute atomic E-state index is 0.166. The molecule has 4 nitrogen and oxygen atoms in total. The van der Waals surface area contributed by atoms with Gasteiger partial charge in [-0.15, -0.1) is 0 Å². The van der Waals surface area contributed by atoms with Gasteiger partial charge in [0.05, 0.1) is 29.1 Å². The predicted molar refractivity (Wildman–Crippen MR) is 80.6 cm³/mol. The molecule has 1 aromatic carbocycles. The molecule has 2 unspecified atom stereocenters. The van der Waals surface area contributed by atoms with Crippen LogP contribution in [0.15, 0.2) is 18.2 Å². The van der Waals surface area contributed by atoms with Crippen LogP contribution in [0.5, 0.6) is 0 Å². The summed E-state index contributed by atoms with van der Waals surface area (Å²) in [6.45, 7) is 4.14. The lowest BCUT2D eigenvalue weighted by Crippen LogP contribution is -2.36. The van der Waals surface area contributed by atoms with E-state index in [9.17, 15) is 9.59 Å². The number of fused-ring (bicyclic) bond motifs is 1. The van der Waals surface area contributed by atoms with Crippen LogP contribution >= 0.6 is 11.6 Å². The average Bonchev–Trinajstić information content (AvgIpc) is 2.89. The Bertz CT molecular complexity index is 691. The molecule has 1 heterocycles. The van der Waals surface area contributed by atoms with Crippen molar-refractivity contribution in [2.24, 2.45) is 23.0 Å². The smallest absolute Gasteiger partial charge is 0.238 e. The molecule has 108 valence electrons. The van der Waals surface area contributed by atoms with Crippen LogP contribution in [-0.2, 0) is 9.59 Å². The maximum absolute atomic E-state index is 12.4. The van der Waals surface area contributed by atoms with Crippen LogP contribution < -0.4 is 10.6 Å². The van der Waals surface area contributed by atoms with E-state index in [1.165, 1.54) is 4.90 Å². The summed E-state index contributed by atoms with van der Waals surface area (Å²) >= 11 is 6.16. The van der Waals surface area contributed by atoms with Crippen LogP contribution in [0.25, 0.3) is 0 Å². The van der Waals surface area contributed by atoms with Crippen molar-refractivity contribution >= 4 is 29.1 Å². The molecule has 0 aromatic heterocycles. The number of carbonyl (C=O) groups excluding carboxylic acids is 2. The zero-order chi connectivity index (χ0) is 15.4. The first kappa shape index (κ1) is 14.1. The number of imide groups is 1. The second-order valence-corrected chi connectivity index (χ2v) is 6.37. The van der Waals surface area contributed by atoms with Crippen LogP contribution in [0.4, 0.5) is 5.69 Å². The van der Waals surface area contributed by atoms with Gasteiger partial charge in [-0.1, -0.05) is 37.3 Å². The summed E-state index contributed by atoms with van der Waals surface area (Å²) < 4.78 is 0. The molecule has 1 aliphatic carbocycles. The summed E-state index contributed by atoms with van der Waals surface area (Å²) in [7, 11) is 0. The number of piperidine rings is 1. The summed E-state index contributed by atoms with van der Waals surface area (Å²) in [6.07, 6.45) is 0. The lowest BCUT2D eigenvalue weighted by molar-refractivity contribution is -0.125. The van der Waals surface area contributed by atoms with Crippen molar-refractivity contribution in [2.75, 3.05) is 11.4 Å². The maximum atomic E-state index is 12.4. The van der Waals surface area contributed by atoms with Gasteiger partial charge in [0.2, 0.25) is 11.8 Å². The van der Waals surface area contributed by atoms with E-state index >= 15 is 0 Å². The number of halogens is 1. The number of hydrogen-bond acceptors (Lipinski definition) is 3. The van der Waals surface area contributed by atoms with Gasteiger partial charge in [0.1, 0.15) is 0 Å². The Balaban J connectivity index is 1.99. The van der Waals surface area contributed by atoms with Gasteiger partial charge >= 0.3 is 0 Å². The van der Waals surface area contributed by atoms with E-state index in [1.807, 2.05) is 13.8 Å². The molecule has 1 saturated heterocycles. The molecule has 0 spiro atoms. The second kappa shape index (κ2) is 4.59. The summed E-state index contributed by atoms with van der Waals surface area (Å²) in [5, 5.41) is 0.370. The Morgan fingerprint density at radius 3 is 2.48 bits per heavy atom. The topological polar surface area (TPSA) is 63.4 Å². The summed E-state index contributed by atoms with van der Waals surface area (Å²) in [5.41, 5.74) is 6.21. The molecule has 2 atom stereocenters. The predicted octanol–water partition coefficient (Wildman–Crippen LogP) is 1.80. The monoisotopic (exact) mass is 302 g/mol. The third kappa shape index (κ3) is 1.97. The number of nitrogens with zero attached hydrogens (tertiary/aromatic N) is 1. The first-order chi connectivity index (χ1) is 9.89. The van der Waals surface area contributed by atoms with E-state index < -0.39 is 0 Å². The molecule has 1 saturated carbocycles. The highest BCUT2D eigenvalue weighted by molar-refractivity contribution is 6.36. The molecule has 2 fully saturated rings. The van der Waals surface area contributed by atoms with Gasteiger partial charge in [0, 0.05) is 5.56 Å². The Morgan fingerprint density at radius 2 is 1.90 bits per heavy atom. The van der Waals surface area contributed by atoms with Crippen molar-refractivity contribution in [1.29, 1.82) is 0 Å². The van der Waals surface area contributed by atoms with E-state index in [0.717, 1.165) is 0 Å². The minimum atomic E-state index is -0.228. The lowest BCUT2D eigenvalue weighted by atomic mass is 10.0. The fourth-order valence-corrected chi connectivity index (χ4v) is 3.30. The van der Waals surface area contributed by atoms with Crippen LogP contribution in [0.3, 0.4) is 0 Å². The molecule has 2 N–H and O–H groups in total. The van der Waals surface area contributed by atoms with Crippen LogP contribution in [-0.4, -0.2) is 18.4 Å². The van der Waals surface area contributed by atoms with Crippen molar-refractivity contribution < 1.29 is 9.59 Å². The normalized spacial score (nSPS) is 25.4. The Kier molecular flexibility index (Phi) is 3.09. The molecule has 2 amide bonds. The van der Waals surface area contributed by atoms with E-state index in [2.05, 4.69) is 11.8 Å². The molecule has 3 rings (SSSR count). The molecule has 1 aliphatic heterocycles. The largest absolute Gasteiger partial charge is 0.320 e. The first-order valence-electron chi connectivity index (χ1n) is 6.76. The second-order valence-electron chi connectivity index (χ2n) is 5.96. The molecule has 0 radical (unpaired) electrons. The van der Waals surface area contributed by atoms with E-state index in [-0.39, 0.29) is 35.6 Å². The summed E-state index contributed by atoms with van der Waals surface area (Å²) in [4.78, 5) is 26.1.